The van der Waals surface area contributed by atoms with Crippen LogP contribution in [0.3, 0.4) is 0 Å². The van der Waals surface area contributed by atoms with E-state index in [1.165, 1.54) is 24.8 Å². The van der Waals surface area contributed by atoms with Crippen molar-refractivity contribution in [3.63, 3.8) is 0 Å². The van der Waals surface area contributed by atoms with E-state index < -0.39 is 0 Å². The first-order valence-corrected chi connectivity index (χ1v) is 5.59. The van der Waals surface area contributed by atoms with Crippen LogP contribution in [0.5, 0.6) is 0 Å². The van der Waals surface area contributed by atoms with Crippen molar-refractivity contribution >= 4 is 5.78 Å². The Bertz CT molecular complexity index is 339. The summed E-state index contributed by atoms with van der Waals surface area (Å²) >= 11 is 0. The number of carbonyl (C=O) groups excluding carboxylic acids is 1. The Labute approximate surface area is 84.9 Å². The van der Waals surface area contributed by atoms with Gasteiger partial charge in [-0.3, -0.25) is 4.79 Å². The summed E-state index contributed by atoms with van der Waals surface area (Å²) in [7, 11) is 0. The summed E-state index contributed by atoms with van der Waals surface area (Å²) in [6, 6.07) is 0. The van der Waals surface area contributed by atoms with Crippen molar-refractivity contribution in [1.29, 1.82) is 0 Å². The Morgan fingerprint density at radius 1 is 1.50 bits per heavy atom. The normalized spacial score (nSPS) is 45.4. The van der Waals surface area contributed by atoms with Crippen LogP contribution >= 0.6 is 0 Å². The smallest absolute Gasteiger partial charge is 0.155 e. The van der Waals surface area contributed by atoms with E-state index >= 15 is 0 Å². The van der Waals surface area contributed by atoms with E-state index in [0.29, 0.717) is 17.1 Å². The number of rotatable bonds is 0. The maximum Gasteiger partial charge on any atom is 0.155 e. The van der Waals surface area contributed by atoms with Crippen molar-refractivity contribution < 1.29 is 4.79 Å². The Morgan fingerprint density at radius 2 is 2.36 bits per heavy atom. The molecule has 1 nitrogen and oxygen atoms in total. The monoisotopic (exact) mass is 188 g/mol. The van der Waals surface area contributed by atoms with Gasteiger partial charge in [0.25, 0.3) is 0 Å². The Balaban J connectivity index is 2.02. The molecule has 0 aliphatic heterocycles. The number of hydrogen-bond acceptors (Lipinski definition) is 1. The van der Waals surface area contributed by atoms with Crippen molar-refractivity contribution in [2.24, 2.45) is 17.3 Å². The van der Waals surface area contributed by atoms with Gasteiger partial charge in [-0.2, -0.15) is 0 Å². The van der Waals surface area contributed by atoms with Crippen LogP contribution in [0, 0.1) is 17.3 Å². The first kappa shape index (κ1) is 8.46. The van der Waals surface area contributed by atoms with E-state index in [0.717, 1.165) is 18.8 Å². The van der Waals surface area contributed by atoms with Gasteiger partial charge in [-0.1, -0.05) is 18.2 Å². The van der Waals surface area contributed by atoms with E-state index in [1.807, 2.05) is 6.08 Å². The van der Waals surface area contributed by atoms with Crippen molar-refractivity contribution in [3.05, 3.63) is 24.3 Å². The lowest BCUT2D eigenvalue weighted by Crippen LogP contribution is -2.44. The third-order valence-electron chi connectivity index (χ3n) is 4.52. The molecule has 0 amide bonds. The third kappa shape index (κ3) is 0.985. The molecule has 0 aromatic carbocycles. The SMILES string of the molecule is C=C1C[C@@]23C=CC(=O)CC2CC1CC3. The first-order valence-electron chi connectivity index (χ1n) is 5.59. The van der Waals surface area contributed by atoms with Crippen LogP contribution in [-0.2, 0) is 4.79 Å². The van der Waals surface area contributed by atoms with Gasteiger partial charge in [-0.05, 0) is 49.0 Å². The molecule has 3 saturated carbocycles. The molecule has 4 aliphatic carbocycles. The zero-order chi connectivity index (χ0) is 9.76. The Kier molecular flexibility index (Phi) is 1.56. The molecule has 0 N–H and O–H groups in total. The second-order valence-corrected chi connectivity index (χ2v) is 5.24. The van der Waals surface area contributed by atoms with Gasteiger partial charge in [-0.25, -0.2) is 0 Å². The summed E-state index contributed by atoms with van der Waals surface area (Å²) < 4.78 is 0. The largest absolute Gasteiger partial charge is 0.295 e. The third-order valence-corrected chi connectivity index (χ3v) is 4.52. The summed E-state index contributed by atoms with van der Waals surface area (Å²) in [4.78, 5) is 11.4. The molecule has 0 heterocycles. The molecule has 0 aromatic heterocycles. The lowest BCUT2D eigenvalue weighted by atomic mass is 9.51. The standard InChI is InChI=1S/C13H16O/c1-9-8-13-4-2-10(9)6-11(13)7-12(14)3-5-13/h3,5,10-11H,1-2,4,6-8H2/t10?,11?,13-/m1/s1. The molecular weight excluding hydrogens is 172 g/mol. The first-order chi connectivity index (χ1) is 6.70. The quantitative estimate of drug-likeness (QED) is 0.534. The number of allylic oxidation sites excluding steroid dienone is 3. The molecule has 3 atom stereocenters. The van der Waals surface area contributed by atoms with Crippen LogP contribution in [0.25, 0.3) is 0 Å². The van der Waals surface area contributed by atoms with Gasteiger partial charge in [0.2, 0.25) is 0 Å². The Hall–Kier alpha value is -0.850. The topological polar surface area (TPSA) is 17.1 Å². The van der Waals surface area contributed by atoms with Crippen LogP contribution in [0.15, 0.2) is 24.3 Å². The molecule has 3 fully saturated rings. The average molecular weight is 188 g/mol. The highest BCUT2D eigenvalue weighted by Crippen LogP contribution is 2.58. The van der Waals surface area contributed by atoms with Gasteiger partial charge in [0.15, 0.2) is 5.78 Å². The molecule has 74 valence electrons. The van der Waals surface area contributed by atoms with Crippen molar-refractivity contribution in [3.8, 4) is 0 Å². The fraction of sp³-hybridized carbons (Fsp3) is 0.615. The highest BCUT2D eigenvalue weighted by molar-refractivity contribution is 5.91. The van der Waals surface area contributed by atoms with Crippen LogP contribution in [0.1, 0.15) is 32.1 Å². The molecule has 0 saturated heterocycles. The second kappa shape index (κ2) is 2.59. The lowest BCUT2D eigenvalue weighted by Gasteiger charge is -2.53. The molecule has 4 rings (SSSR count). The molecule has 14 heavy (non-hydrogen) atoms. The predicted molar refractivity (Wildman–Crippen MR) is 55.8 cm³/mol. The average Bonchev–Trinajstić information content (AvgIpc) is 2.17. The molecule has 0 aromatic rings. The molecule has 2 unspecified atom stereocenters. The molecule has 1 spiro atoms. The van der Waals surface area contributed by atoms with Gasteiger partial charge in [-0.15, -0.1) is 0 Å². The highest BCUT2D eigenvalue weighted by atomic mass is 16.1. The van der Waals surface area contributed by atoms with Gasteiger partial charge < -0.3 is 0 Å². The maximum atomic E-state index is 11.4. The zero-order valence-electron chi connectivity index (χ0n) is 8.46. The fourth-order valence-corrected chi connectivity index (χ4v) is 3.65. The minimum atomic E-state index is 0.332. The summed E-state index contributed by atoms with van der Waals surface area (Å²) in [6.45, 7) is 4.18. The molecular formula is C13H16O. The van der Waals surface area contributed by atoms with Gasteiger partial charge in [0.1, 0.15) is 0 Å². The van der Waals surface area contributed by atoms with Gasteiger partial charge >= 0.3 is 0 Å². The van der Waals surface area contributed by atoms with E-state index in [-0.39, 0.29) is 0 Å². The summed E-state index contributed by atoms with van der Waals surface area (Å²) in [5.74, 6) is 1.68. The maximum absolute atomic E-state index is 11.4. The minimum Gasteiger partial charge on any atom is -0.295 e. The number of ketones is 1. The molecule has 1 heteroatoms. The van der Waals surface area contributed by atoms with Gasteiger partial charge in [0.05, 0.1) is 0 Å². The highest BCUT2D eigenvalue weighted by Gasteiger charge is 2.49. The van der Waals surface area contributed by atoms with Crippen molar-refractivity contribution in [1.82, 2.24) is 0 Å². The second-order valence-electron chi connectivity index (χ2n) is 5.24. The van der Waals surface area contributed by atoms with Crippen LogP contribution in [0.2, 0.25) is 0 Å². The predicted octanol–water partition coefficient (Wildman–Crippen LogP) is 2.88. The number of carbonyl (C=O) groups is 1. The minimum absolute atomic E-state index is 0.332. The summed E-state index contributed by atoms with van der Waals surface area (Å²) in [5, 5.41) is 0. The van der Waals surface area contributed by atoms with E-state index in [4.69, 9.17) is 0 Å². The fourth-order valence-electron chi connectivity index (χ4n) is 3.65. The van der Waals surface area contributed by atoms with E-state index in [2.05, 4.69) is 12.7 Å². The van der Waals surface area contributed by atoms with Crippen LogP contribution in [-0.4, -0.2) is 5.78 Å². The zero-order valence-corrected chi connectivity index (χ0v) is 8.46. The van der Waals surface area contributed by atoms with Crippen molar-refractivity contribution in [2.45, 2.75) is 32.1 Å². The van der Waals surface area contributed by atoms with Gasteiger partial charge in [0, 0.05) is 6.42 Å². The van der Waals surface area contributed by atoms with Crippen molar-refractivity contribution in [2.75, 3.05) is 0 Å². The van der Waals surface area contributed by atoms with E-state index in [1.54, 1.807) is 0 Å². The van der Waals surface area contributed by atoms with E-state index in [9.17, 15) is 4.79 Å². The molecule has 4 aliphatic rings. The lowest BCUT2D eigenvalue weighted by molar-refractivity contribution is -0.118. The summed E-state index contributed by atoms with van der Waals surface area (Å²) in [5.41, 5.74) is 1.77. The summed E-state index contributed by atoms with van der Waals surface area (Å²) in [6.07, 6.45) is 9.75. The van der Waals surface area contributed by atoms with Crippen LogP contribution < -0.4 is 0 Å². The molecule has 2 bridgehead atoms. The number of hydrogen-bond donors (Lipinski definition) is 0. The molecule has 0 radical (unpaired) electrons. The van der Waals surface area contributed by atoms with Crippen LogP contribution in [0.4, 0.5) is 0 Å². The Morgan fingerprint density at radius 3 is 3.14 bits per heavy atom. The number of fused-ring (bicyclic) bond motifs is 2.